The molecular formula is C62H95N5O12. The average Bonchev–Trinajstić information content (AvgIpc) is 3.42. The molecular weight excluding hydrogens is 1010 g/mol. The Labute approximate surface area is 469 Å². The molecule has 1 aromatic carbocycles. The van der Waals surface area contributed by atoms with Gasteiger partial charge in [-0.15, -0.1) is 0 Å². The molecule has 3 aliphatic rings. The average molecular weight is 1100 g/mol. The third-order valence-corrected chi connectivity index (χ3v) is 16.4. The molecule has 2 bridgehead atoms. The second-order valence-corrected chi connectivity index (χ2v) is 23.2. The second-order valence-electron chi connectivity index (χ2n) is 23.2. The van der Waals surface area contributed by atoms with E-state index in [1.165, 1.54) is 18.0 Å². The van der Waals surface area contributed by atoms with Crippen molar-refractivity contribution in [3.05, 3.63) is 89.1 Å². The lowest BCUT2D eigenvalue weighted by atomic mass is 9.77. The van der Waals surface area contributed by atoms with Gasteiger partial charge in [0.05, 0.1) is 24.2 Å². The van der Waals surface area contributed by atoms with Crippen LogP contribution in [-0.4, -0.2) is 121 Å². The van der Waals surface area contributed by atoms with Crippen molar-refractivity contribution in [2.24, 2.45) is 41.4 Å². The molecule has 0 aliphatic carbocycles. The second kappa shape index (κ2) is 31.5. The maximum Gasteiger partial charge on any atom is 0.325 e. The van der Waals surface area contributed by atoms with Crippen molar-refractivity contribution >= 4 is 35.4 Å². The number of amides is 4. The first-order chi connectivity index (χ1) is 37.3. The lowest BCUT2D eigenvalue weighted by Crippen LogP contribution is -2.62. The van der Waals surface area contributed by atoms with Crippen LogP contribution in [0.3, 0.4) is 0 Å². The molecule has 17 heteroatoms. The summed E-state index contributed by atoms with van der Waals surface area (Å²) in [5.41, 5.74) is 4.37. The zero-order valence-electron chi connectivity index (χ0n) is 48.9. The molecule has 14 atom stereocenters. The van der Waals surface area contributed by atoms with Gasteiger partial charge < -0.3 is 51.0 Å². The predicted octanol–water partition coefficient (Wildman–Crippen LogP) is 6.90. The van der Waals surface area contributed by atoms with E-state index in [9.17, 15) is 54.3 Å². The van der Waals surface area contributed by atoms with E-state index in [-0.39, 0.29) is 73.3 Å². The van der Waals surface area contributed by atoms with Crippen molar-refractivity contribution in [3.8, 4) is 5.75 Å². The van der Waals surface area contributed by atoms with E-state index in [1.807, 2.05) is 72.8 Å². The van der Waals surface area contributed by atoms with E-state index < -0.39 is 89.7 Å². The van der Waals surface area contributed by atoms with Crippen LogP contribution in [-0.2, 0) is 46.3 Å². The first kappa shape index (κ1) is 66.1. The number of rotatable bonds is 19. The van der Waals surface area contributed by atoms with Crippen LogP contribution < -0.4 is 21.4 Å². The number of aryl methyl sites for hydroxylation is 1. The topological polar surface area (TPSA) is 264 Å². The zero-order chi connectivity index (χ0) is 58.7. The molecule has 0 aromatic heterocycles. The molecule has 79 heavy (non-hydrogen) atoms. The van der Waals surface area contributed by atoms with E-state index in [1.54, 1.807) is 57.2 Å². The normalized spacial score (nSPS) is 30.5. The number of nitrogens with one attached hydrogen (secondary N) is 4. The van der Waals surface area contributed by atoms with E-state index in [0.29, 0.717) is 61.6 Å². The number of Topliss-reactive ketones (excluding diaryl/α,β-unsaturated/α-hetero) is 1. The number of aliphatic hydroxyl groups is 4. The molecule has 17 nitrogen and oxygen atoms in total. The van der Waals surface area contributed by atoms with Crippen LogP contribution in [0.25, 0.3) is 0 Å². The highest BCUT2D eigenvalue weighted by Gasteiger charge is 2.44. The minimum atomic E-state index is -1.43. The lowest BCUT2D eigenvalue weighted by molar-refractivity contribution is -0.156. The summed E-state index contributed by atoms with van der Waals surface area (Å²) in [4.78, 5) is 82.0. The number of phenolic OH excluding ortho intramolecular Hbond substituents is 1. The zero-order valence-corrected chi connectivity index (χ0v) is 48.9. The van der Waals surface area contributed by atoms with Gasteiger partial charge in [0, 0.05) is 43.6 Å². The largest absolute Gasteiger partial charge is 0.508 e. The van der Waals surface area contributed by atoms with E-state index in [2.05, 4.69) is 21.4 Å². The smallest absolute Gasteiger partial charge is 0.325 e. The maximum atomic E-state index is 14.6. The van der Waals surface area contributed by atoms with Crippen LogP contribution in [0.1, 0.15) is 158 Å². The number of hydrogen-bond acceptors (Lipinski definition) is 13. The molecule has 1 aromatic rings. The number of nitrogens with zero attached hydrogens (tertiary/aromatic N) is 1. The Morgan fingerprint density at radius 1 is 0.949 bits per heavy atom. The van der Waals surface area contributed by atoms with Crippen LogP contribution in [0, 0.1) is 41.4 Å². The number of ketones is 1. The summed E-state index contributed by atoms with van der Waals surface area (Å²) in [5, 5.41) is 66.0. The number of fused-ring (bicyclic) bond motifs is 2. The van der Waals surface area contributed by atoms with Crippen molar-refractivity contribution in [3.63, 3.8) is 0 Å². The molecule has 0 saturated carbocycles. The number of piperidine rings is 1. The number of cyclic esters (lactones) is 1. The number of hydrogen-bond donors (Lipinski definition) is 9. The van der Waals surface area contributed by atoms with Crippen molar-refractivity contribution in [1.29, 1.82) is 0 Å². The summed E-state index contributed by atoms with van der Waals surface area (Å²) >= 11 is 0. The van der Waals surface area contributed by atoms with Crippen molar-refractivity contribution < 1.29 is 59.0 Å². The molecule has 2 saturated heterocycles. The number of allylic oxidation sites excluding steroid dienone is 6. The number of carbonyl (C=O) groups excluding carboxylic acids is 6. The molecule has 4 amide bonds. The first-order valence-electron chi connectivity index (χ1n) is 28.9. The predicted molar refractivity (Wildman–Crippen MR) is 305 cm³/mol. The van der Waals surface area contributed by atoms with E-state index >= 15 is 0 Å². The highest BCUT2D eigenvalue weighted by Crippen LogP contribution is 2.35. The van der Waals surface area contributed by atoms with Gasteiger partial charge >= 0.3 is 5.97 Å². The van der Waals surface area contributed by atoms with Gasteiger partial charge in [-0.3, -0.25) is 29.0 Å². The molecule has 0 spiro atoms. The fraction of sp³-hybridized carbons (Fsp3) is 0.645. The summed E-state index contributed by atoms with van der Waals surface area (Å²) in [6.07, 6.45) is 15.8. The molecule has 9 N–H and O–H groups in total. The van der Waals surface area contributed by atoms with Crippen LogP contribution in [0.4, 0.5) is 0 Å². The lowest BCUT2D eigenvalue weighted by Gasteiger charge is -2.42. The summed E-state index contributed by atoms with van der Waals surface area (Å²) in [6, 6.07) is 1.72. The van der Waals surface area contributed by atoms with Gasteiger partial charge in [0.2, 0.25) is 17.7 Å². The number of benzene rings is 1. The SMILES string of the molecule is CCc1ccc(CC2NC(=O)C(C(C)C)NC(=O)C(CCC(C)=O)C(O)C(C)[C@@H](O)/C=C/C=C/C[C@@H](/C(C)=C/C=C/CCC(C)C(O)CCC(C)/C=C(/C)[C@@]3(O)NC(=O)C(CC)C[C@@H]3C)OC(=O)C3CCCN(N3)C2=O)cc1O. The Hall–Kier alpha value is -5.46. The number of esters is 1. The summed E-state index contributed by atoms with van der Waals surface area (Å²) in [6.45, 7) is 20.2. The molecule has 3 aliphatic heterocycles. The Balaban J connectivity index is 1.55. The van der Waals surface area contributed by atoms with Gasteiger partial charge in [0.1, 0.15) is 35.8 Å². The third kappa shape index (κ3) is 19.4. The van der Waals surface area contributed by atoms with Gasteiger partial charge in [-0.05, 0) is 131 Å². The molecule has 440 valence electrons. The minimum Gasteiger partial charge on any atom is -0.508 e. The number of phenols is 1. The highest BCUT2D eigenvalue weighted by atomic mass is 16.5. The summed E-state index contributed by atoms with van der Waals surface area (Å²) < 4.78 is 6.20. The van der Waals surface area contributed by atoms with Crippen LogP contribution in [0.15, 0.2) is 78.0 Å². The van der Waals surface area contributed by atoms with Gasteiger partial charge in [-0.25, -0.2) is 5.43 Å². The number of aliphatic hydroxyl groups excluding tert-OH is 3. The minimum absolute atomic E-state index is 0.000364. The van der Waals surface area contributed by atoms with E-state index in [0.717, 1.165) is 18.4 Å². The maximum absolute atomic E-state index is 14.6. The highest BCUT2D eigenvalue weighted by molar-refractivity contribution is 5.93. The molecule has 4 rings (SSSR count). The van der Waals surface area contributed by atoms with Crippen LogP contribution in [0.5, 0.6) is 5.75 Å². The summed E-state index contributed by atoms with van der Waals surface area (Å²) in [7, 11) is 0. The number of carbonyl (C=O) groups is 6. The van der Waals surface area contributed by atoms with Crippen molar-refractivity contribution in [1.82, 2.24) is 26.4 Å². The van der Waals surface area contributed by atoms with Gasteiger partial charge in [0.25, 0.3) is 5.91 Å². The number of hydrazine groups is 1. The van der Waals surface area contributed by atoms with Crippen molar-refractivity contribution in [2.45, 2.75) is 208 Å². The monoisotopic (exact) mass is 1100 g/mol. The Morgan fingerprint density at radius 3 is 2.33 bits per heavy atom. The Bertz CT molecular complexity index is 2380. The fourth-order valence-electron chi connectivity index (χ4n) is 10.7. The van der Waals surface area contributed by atoms with Gasteiger partial charge in [-0.2, -0.15) is 0 Å². The molecule has 10 unspecified atom stereocenters. The van der Waals surface area contributed by atoms with Crippen LogP contribution >= 0.6 is 0 Å². The Kier molecular flexibility index (Phi) is 26.3. The fourth-order valence-corrected chi connectivity index (χ4v) is 10.7. The first-order valence-corrected chi connectivity index (χ1v) is 28.9. The molecule has 0 radical (unpaired) electrons. The number of aromatic hydroxyl groups is 1. The standard InChI is InChI=1S/C62H95N5O12/c1-12-46-29-28-45(36-53(46)71)35-50-60(76)67-32-20-23-49(66-67)61(77)79-54(25-19-15-18-24-52(70)44(11)56(72)48(30-27-43(10)68)58(74)64-55(37(3)4)59(75)63-50)40(7)22-17-14-16-21-39(6)51(69)31-26-38(5)33-41(8)62(78)42(9)34-47(13-2)57(73)65-62/h14-15,17-19,22,24,28-29,33,36-39,42,44,47-52,54-56,66,69-72,78H,12-13,16,20-21,23,25-27,30-32,34-35H2,1-11H3,(H,63,75)(H,64,74)(H,65,73)/b17-14+,19-15+,24-18+,40-22+,41-33-/t38?,39?,42-,44?,47?,48?,49?,50?,51?,52-,54-,55?,56?,62-/m0/s1. The molecule has 3 heterocycles. The van der Waals surface area contributed by atoms with E-state index in [4.69, 9.17) is 4.74 Å². The van der Waals surface area contributed by atoms with Crippen LogP contribution in [0.2, 0.25) is 0 Å². The molecule has 2 fully saturated rings. The van der Waals surface area contributed by atoms with Crippen molar-refractivity contribution in [2.75, 3.05) is 6.54 Å². The third-order valence-electron chi connectivity index (χ3n) is 16.4. The summed E-state index contributed by atoms with van der Waals surface area (Å²) in [5.74, 6) is -5.56. The van der Waals surface area contributed by atoms with Gasteiger partial charge in [-0.1, -0.05) is 116 Å². The Morgan fingerprint density at radius 2 is 1.67 bits per heavy atom. The van der Waals surface area contributed by atoms with Gasteiger partial charge in [0.15, 0.2) is 5.72 Å². The quantitative estimate of drug-likeness (QED) is 0.0388. The number of ether oxygens (including phenoxy) is 1.